The Morgan fingerprint density at radius 3 is 2.68 bits per heavy atom. The summed E-state index contributed by atoms with van der Waals surface area (Å²) in [6.07, 6.45) is 6.04. The van der Waals surface area contributed by atoms with Crippen molar-refractivity contribution < 1.29 is 9.53 Å². The van der Waals surface area contributed by atoms with Gasteiger partial charge < -0.3 is 14.5 Å². The maximum atomic E-state index is 12.9. The van der Waals surface area contributed by atoms with Crippen molar-refractivity contribution in [1.82, 2.24) is 19.8 Å². The number of nitrogens with zero attached hydrogens (tertiary/aromatic N) is 5. The van der Waals surface area contributed by atoms with Gasteiger partial charge in [-0.05, 0) is 48.1 Å². The first-order valence-electron chi connectivity index (χ1n) is 12.0. The van der Waals surface area contributed by atoms with Crippen LogP contribution in [0, 0.1) is 0 Å². The quantitative estimate of drug-likeness (QED) is 0.518. The van der Waals surface area contributed by atoms with Gasteiger partial charge in [0.1, 0.15) is 12.4 Å². The number of thiophene rings is 1. The van der Waals surface area contributed by atoms with E-state index in [0.717, 1.165) is 62.8 Å². The van der Waals surface area contributed by atoms with Crippen LogP contribution in [0.3, 0.4) is 0 Å². The van der Waals surface area contributed by atoms with E-state index < -0.39 is 0 Å². The highest BCUT2D eigenvalue weighted by molar-refractivity contribution is 7.09. The number of fused-ring (bicyclic) bond motifs is 1. The number of anilines is 1. The summed E-state index contributed by atoms with van der Waals surface area (Å²) in [5.41, 5.74) is 2.37. The molecule has 2 aliphatic heterocycles. The predicted octanol–water partition coefficient (Wildman–Crippen LogP) is 3.60. The minimum absolute atomic E-state index is 0.220. The molecule has 1 amide bonds. The molecule has 1 saturated heterocycles. The molecule has 4 heterocycles. The standard InChI is InChI=1S/C26H31N5O2S/c32-25(6-1-4-23-5-2-17-34-23)31-15-16-33-24-8-7-21(18-22(24)20-31)19-29-11-13-30(14-12-29)26-27-9-3-10-28-26/h2-3,5,7-10,17-18H,1,4,6,11-16,19-20H2. The summed E-state index contributed by atoms with van der Waals surface area (Å²) in [5, 5.41) is 2.09. The fourth-order valence-electron chi connectivity index (χ4n) is 4.60. The Hall–Kier alpha value is -2.97. The van der Waals surface area contributed by atoms with Crippen molar-refractivity contribution in [3.05, 3.63) is 70.2 Å². The molecule has 5 rings (SSSR count). The number of carbonyl (C=O) groups is 1. The molecule has 0 radical (unpaired) electrons. The lowest BCUT2D eigenvalue weighted by Gasteiger charge is -2.34. The van der Waals surface area contributed by atoms with Crippen LogP contribution in [0.25, 0.3) is 0 Å². The average Bonchev–Trinajstić information content (AvgIpc) is 3.30. The third kappa shape index (κ3) is 5.74. The van der Waals surface area contributed by atoms with Gasteiger partial charge in [-0.3, -0.25) is 9.69 Å². The summed E-state index contributed by atoms with van der Waals surface area (Å²) in [7, 11) is 0. The Balaban J connectivity index is 1.15. The summed E-state index contributed by atoms with van der Waals surface area (Å²) in [6.45, 7) is 6.50. The van der Waals surface area contributed by atoms with Gasteiger partial charge in [-0.1, -0.05) is 12.1 Å². The van der Waals surface area contributed by atoms with Crippen LogP contribution in [0.5, 0.6) is 5.75 Å². The number of aryl methyl sites for hydroxylation is 1. The van der Waals surface area contributed by atoms with Gasteiger partial charge in [-0.2, -0.15) is 0 Å². The van der Waals surface area contributed by atoms with E-state index in [1.807, 2.05) is 11.0 Å². The topological polar surface area (TPSA) is 61.8 Å². The molecule has 7 nitrogen and oxygen atoms in total. The smallest absolute Gasteiger partial charge is 0.225 e. The lowest BCUT2D eigenvalue weighted by Crippen LogP contribution is -2.46. The number of carbonyl (C=O) groups excluding carboxylic acids is 1. The van der Waals surface area contributed by atoms with Crippen molar-refractivity contribution in [3.8, 4) is 5.75 Å². The van der Waals surface area contributed by atoms with E-state index in [9.17, 15) is 4.79 Å². The summed E-state index contributed by atoms with van der Waals surface area (Å²) in [4.78, 5) is 29.6. The molecule has 1 aromatic carbocycles. The summed E-state index contributed by atoms with van der Waals surface area (Å²) in [5.74, 6) is 1.94. The minimum atomic E-state index is 0.220. The van der Waals surface area contributed by atoms with Crippen molar-refractivity contribution >= 4 is 23.2 Å². The van der Waals surface area contributed by atoms with Crippen LogP contribution in [0.15, 0.2) is 54.2 Å². The van der Waals surface area contributed by atoms with Crippen molar-refractivity contribution in [2.24, 2.45) is 0 Å². The van der Waals surface area contributed by atoms with Crippen LogP contribution < -0.4 is 9.64 Å². The number of rotatable bonds is 7. The van der Waals surface area contributed by atoms with E-state index in [1.54, 1.807) is 23.7 Å². The maximum absolute atomic E-state index is 12.9. The van der Waals surface area contributed by atoms with Crippen molar-refractivity contribution in [2.45, 2.75) is 32.4 Å². The number of hydrogen-bond donors (Lipinski definition) is 0. The van der Waals surface area contributed by atoms with Gasteiger partial charge in [0.2, 0.25) is 11.9 Å². The van der Waals surface area contributed by atoms with Crippen LogP contribution in [-0.2, 0) is 24.3 Å². The van der Waals surface area contributed by atoms with Gasteiger partial charge in [-0.25, -0.2) is 9.97 Å². The third-order valence-electron chi connectivity index (χ3n) is 6.46. The molecule has 0 aliphatic carbocycles. The van der Waals surface area contributed by atoms with Gasteiger partial charge in [0.05, 0.1) is 6.54 Å². The number of benzene rings is 1. The van der Waals surface area contributed by atoms with Crippen molar-refractivity contribution in [2.75, 3.05) is 44.2 Å². The molecule has 2 aromatic heterocycles. The Morgan fingerprint density at radius 2 is 1.88 bits per heavy atom. The molecule has 0 unspecified atom stereocenters. The molecule has 34 heavy (non-hydrogen) atoms. The van der Waals surface area contributed by atoms with E-state index >= 15 is 0 Å². The van der Waals surface area contributed by atoms with Gasteiger partial charge in [0.15, 0.2) is 0 Å². The first-order valence-corrected chi connectivity index (χ1v) is 12.9. The molecule has 2 aliphatic rings. The fraction of sp³-hybridized carbons (Fsp3) is 0.423. The van der Waals surface area contributed by atoms with Crippen LogP contribution >= 0.6 is 11.3 Å². The Bertz CT molecular complexity index is 1070. The van der Waals surface area contributed by atoms with Gasteiger partial charge in [-0.15, -0.1) is 11.3 Å². The van der Waals surface area contributed by atoms with Gasteiger partial charge in [0.25, 0.3) is 0 Å². The highest BCUT2D eigenvalue weighted by atomic mass is 32.1. The van der Waals surface area contributed by atoms with Crippen LogP contribution in [0.2, 0.25) is 0 Å². The molecule has 0 spiro atoms. The SMILES string of the molecule is O=C(CCCc1cccs1)N1CCOc2ccc(CN3CCN(c4ncccn4)CC3)cc2C1. The zero-order valence-electron chi connectivity index (χ0n) is 19.4. The molecule has 0 atom stereocenters. The molecule has 178 valence electrons. The van der Waals surface area contributed by atoms with Crippen LogP contribution in [0.4, 0.5) is 5.95 Å². The monoisotopic (exact) mass is 477 g/mol. The van der Waals surface area contributed by atoms with Crippen LogP contribution in [0.1, 0.15) is 28.8 Å². The molecule has 1 fully saturated rings. The van der Waals surface area contributed by atoms with Gasteiger partial charge in [0, 0.05) is 68.5 Å². The maximum Gasteiger partial charge on any atom is 0.225 e. The first kappa shape index (κ1) is 22.8. The molecule has 0 N–H and O–H groups in total. The van der Waals surface area contributed by atoms with E-state index in [2.05, 4.69) is 55.5 Å². The number of hydrogen-bond acceptors (Lipinski definition) is 7. The van der Waals surface area contributed by atoms with Gasteiger partial charge >= 0.3 is 0 Å². The number of aromatic nitrogens is 2. The summed E-state index contributed by atoms with van der Waals surface area (Å²) < 4.78 is 5.97. The normalized spacial score (nSPS) is 16.6. The molecule has 3 aromatic rings. The molecule has 0 bridgehead atoms. The second kappa shape index (κ2) is 11.0. The zero-order chi connectivity index (χ0) is 23.2. The molecular weight excluding hydrogens is 446 g/mol. The molecular formula is C26H31N5O2S. The number of piperazine rings is 1. The van der Waals surface area contributed by atoms with Crippen molar-refractivity contribution in [1.29, 1.82) is 0 Å². The highest BCUT2D eigenvalue weighted by Gasteiger charge is 2.22. The lowest BCUT2D eigenvalue weighted by atomic mass is 10.1. The Labute approximate surface area is 205 Å². The highest BCUT2D eigenvalue weighted by Crippen LogP contribution is 2.26. The number of ether oxygens (including phenoxy) is 1. The van der Waals surface area contributed by atoms with E-state index in [4.69, 9.17) is 4.74 Å². The minimum Gasteiger partial charge on any atom is -0.491 e. The molecule has 0 saturated carbocycles. The average molecular weight is 478 g/mol. The third-order valence-corrected chi connectivity index (χ3v) is 7.40. The molecule has 8 heteroatoms. The summed E-state index contributed by atoms with van der Waals surface area (Å²) >= 11 is 1.76. The second-order valence-electron chi connectivity index (χ2n) is 8.85. The van der Waals surface area contributed by atoms with E-state index in [1.165, 1.54) is 10.4 Å². The fourth-order valence-corrected chi connectivity index (χ4v) is 5.36. The number of amides is 1. The predicted molar refractivity (Wildman–Crippen MR) is 134 cm³/mol. The van der Waals surface area contributed by atoms with Crippen LogP contribution in [-0.4, -0.2) is 65.0 Å². The zero-order valence-corrected chi connectivity index (χ0v) is 20.3. The first-order chi connectivity index (χ1) is 16.7. The van der Waals surface area contributed by atoms with Crippen molar-refractivity contribution in [3.63, 3.8) is 0 Å². The summed E-state index contributed by atoms with van der Waals surface area (Å²) in [6, 6.07) is 12.5. The van der Waals surface area contributed by atoms with E-state index in [0.29, 0.717) is 26.1 Å². The largest absolute Gasteiger partial charge is 0.491 e. The lowest BCUT2D eigenvalue weighted by molar-refractivity contribution is -0.132. The second-order valence-corrected chi connectivity index (χ2v) is 9.88. The Kier molecular flexibility index (Phi) is 7.36. The Morgan fingerprint density at radius 1 is 1.03 bits per heavy atom. The van der Waals surface area contributed by atoms with E-state index in [-0.39, 0.29) is 5.91 Å².